The number of aryl methyl sites for hydroxylation is 1. The molecule has 0 heterocycles. The van der Waals surface area contributed by atoms with Crippen molar-refractivity contribution in [3.8, 4) is 0 Å². The third-order valence-corrected chi connectivity index (χ3v) is 2.85. The summed E-state index contributed by atoms with van der Waals surface area (Å²) in [6.07, 6.45) is 3.86. The lowest BCUT2D eigenvalue weighted by Gasteiger charge is -2.02. The van der Waals surface area contributed by atoms with Gasteiger partial charge in [-0.05, 0) is 18.6 Å². The monoisotopic (exact) mass is 250 g/mol. The zero-order valence-corrected chi connectivity index (χ0v) is 10.7. The second kappa shape index (κ2) is 5.91. The summed E-state index contributed by atoms with van der Waals surface area (Å²) >= 11 is 0. The van der Waals surface area contributed by atoms with Crippen molar-refractivity contribution >= 4 is 18.1 Å². The van der Waals surface area contributed by atoms with Crippen molar-refractivity contribution in [2.24, 2.45) is 0 Å². The highest BCUT2D eigenvalue weighted by atomic mass is 16.1. The van der Waals surface area contributed by atoms with Crippen LogP contribution in [0.25, 0.3) is 6.08 Å². The standard InChI is InChI=1S/C17H14O2/c1-13-4-8-15(9-5-13)17(19)16-10-6-14(7-11-16)3-2-12-18/h2-12H,1H3/b3-2+. The molecule has 94 valence electrons. The van der Waals surface area contributed by atoms with Gasteiger partial charge in [-0.15, -0.1) is 0 Å². The first-order valence-electron chi connectivity index (χ1n) is 6.04. The van der Waals surface area contributed by atoms with Crippen molar-refractivity contribution in [3.05, 3.63) is 76.9 Å². The lowest BCUT2D eigenvalue weighted by Crippen LogP contribution is -2.00. The minimum Gasteiger partial charge on any atom is -0.299 e. The largest absolute Gasteiger partial charge is 0.299 e. The molecular weight excluding hydrogens is 236 g/mol. The van der Waals surface area contributed by atoms with Crippen LogP contribution in [0.15, 0.2) is 54.6 Å². The molecule has 0 spiro atoms. The molecule has 2 aromatic carbocycles. The van der Waals surface area contributed by atoms with Crippen molar-refractivity contribution in [1.82, 2.24) is 0 Å². The van der Waals surface area contributed by atoms with Crippen LogP contribution in [0.5, 0.6) is 0 Å². The van der Waals surface area contributed by atoms with Crippen molar-refractivity contribution in [2.45, 2.75) is 6.92 Å². The van der Waals surface area contributed by atoms with Gasteiger partial charge >= 0.3 is 0 Å². The molecule has 0 saturated heterocycles. The molecule has 0 fully saturated rings. The highest BCUT2D eigenvalue weighted by Gasteiger charge is 2.07. The summed E-state index contributed by atoms with van der Waals surface area (Å²) in [6.45, 7) is 1.99. The summed E-state index contributed by atoms with van der Waals surface area (Å²) in [6, 6.07) is 14.7. The van der Waals surface area contributed by atoms with Crippen molar-refractivity contribution in [2.75, 3.05) is 0 Å². The molecule has 2 aromatic rings. The average molecular weight is 250 g/mol. The molecular formula is C17H14O2. The molecule has 0 N–H and O–H groups in total. The van der Waals surface area contributed by atoms with Crippen molar-refractivity contribution in [1.29, 1.82) is 0 Å². The lowest BCUT2D eigenvalue weighted by atomic mass is 10.0. The Bertz CT molecular complexity index is 605. The third kappa shape index (κ3) is 3.26. The van der Waals surface area contributed by atoms with Crippen LogP contribution in [0.2, 0.25) is 0 Å². The lowest BCUT2D eigenvalue weighted by molar-refractivity contribution is -0.104. The summed E-state index contributed by atoms with van der Waals surface area (Å²) in [4.78, 5) is 22.4. The number of ketones is 1. The van der Waals surface area contributed by atoms with Crippen LogP contribution >= 0.6 is 0 Å². The summed E-state index contributed by atoms with van der Waals surface area (Å²) in [5, 5.41) is 0. The molecule has 2 rings (SSSR count). The molecule has 0 aliphatic carbocycles. The predicted molar refractivity (Wildman–Crippen MR) is 76.2 cm³/mol. The fourth-order valence-electron chi connectivity index (χ4n) is 1.77. The Morgan fingerprint density at radius 1 is 0.895 bits per heavy atom. The number of benzene rings is 2. The van der Waals surface area contributed by atoms with E-state index in [4.69, 9.17) is 0 Å². The minimum atomic E-state index is 0.00548. The molecule has 0 radical (unpaired) electrons. The van der Waals surface area contributed by atoms with Gasteiger partial charge in [0.05, 0.1) is 0 Å². The number of aldehydes is 1. The second-order valence-corrected chi connectivity index (χ2v) is 4.31. The van der Waals surface area contributed by atoms with E-state index in [0.717, 1.165) is 17.4 Å². The fraction of sp³-hybridized carbons (Fsp3) is 0.0588. The quantitative estimate of drug-likeness (QED) is 0.473. The first-order chi connectivity index (χ1) is 9.20. The Hall–Kier alpha value is -2.48. The summed E-state index contributed by atoms with van der Waals surface area (Å²) in [5.74, 6) is 0.00548. The summed E-state index contributed by atoms with van der Waals surface area (Å²) in [5.41, 5.74) is 3.35. The Morgan fingerprint density at radius 3 is 1.95 bits per heavy atom. The molecule has 0 aliphatic heterocycles. The molecule has 0 atom stereocenters. The Morgan fingerprint density at radius 2 is 1.42 bits per heavy atom. The molecule has 0 amide bonds. The number of allylic oxidation sites excluding steroid dienone is 1. The zero-order valence-electron chi connectivity index (χ0n) is 10.7. The highest BCUT2D eigenvalue weighted by molar-refractivity contribution is 6.09. The van der Waals surface area contributed by atoms with Gasteiger partial charge in [0, 0.05) is 11.1 Å². The second-order valence-electron chi connectivity index (χ2n) is 4.31. The maximum atomic E-state index is 12.2. The van der Waals surface area contributed by atoms with Gasteiger partial charge in [-0.3, -0.25) is 9.59 Å². The average Bonchev–Trinajstić information content (AvgIpc) is 2.46. The van der Waals surface area contributed by atoms with Crippen LogP contribution in [0.3, 0.4) is 0 Å². The smallest absolute Gasteiger partial charge is 0.193 e. The van der Waals surface area contributed by atoms with E-state index in [1.807, 2.05) is 43.3 Å². The SMILES string of the molecule is Cc1ccc(C(=O)c2ccc(/C=C/C=O)cc2)cc1. The maximum absolute atomic E-state index is 12.2. The van der Waals surface area contributed by atoms with Gasteiger partial charge in [0.2, 0.25) is 0 Å². The van der Waals surface area contributed by atoms with E-state index in [0.29, 0.717) is 11.1 Å². The van der Waals surface area contributed by atoms with E-state index in [1.165, 1.54) is 6.08 Å². The van der Waals surface area contributed by atoms with Gasteiger partial charge in [-0.1, -0.05) is 60.2 Å². The first-order valence-corrected chi connectivity index (χ1v) is 6.04. The van der Waals surface area contributed by atoms with Crippen LogP contribution in [0.4, 0.5) is 0 Å². The van der Waals surface area contributed by atoms with E-state index >= 15 is 0 Å². The molecule has 0 saturated carbocycles. The van der Waals surface area contributed by atoms with Crippen LogP contribution < -0.4 is 0 Å². The van der Waals surface area contributed by atoms with E-state index in [2.05, 4.69) is 0 Å². The Balaban J connectivity index is 2.22. The number of carbonyl (C=O) groups excluding carboxylic acids is 2. The molecule has 0 bridgehead atoms. The number of rotatable bonds is 4. The predicted octanol–water partition coefficient (Wildman–Crippen LogP) is 3.44. The molecule has 2 heteroatoms. The number of carbonyl (C=O) groups is 2. The van der Waals surface area contributed by atoms with Crippen molar-refractivity contribution < 1.29 is 9.59 Å². The Kier molecular flexibility index (Phi) is 4.04. The van der Waals surface area contributed by atoms with E-state index < -0.39 is 0 Å². The highest BCUT2D eigenvalue weighted by Crippen LogP contribution is 2.12. The summed E-state index contributed by atoms with van der Waals surface area (Å²) in [7, 11) is 0. The van der Waals surface area contributed by atoms with Gasteiger partial charge in [0.25, 0.3) is 0 Å². The molecule has 2 nitrogen and oxygen atoms in total. The number of hydrogen-bond donors (Lipinski definition) is 0. The van der Waals surface area contributed by atoms with Gasteiger partial charge in [-0.2, -0.15) is 0 Å². The minimum absolute atomic E-state index is 0.00548. The van der Waals surface area contributed by atoms with E-state index in [1.54, 1.807) is 18.2 Å². The normalized spacial score (nSPS) is 10.6. The number of hydrogen-bond acceptors (Lipinski definition) is 2. The van der Waals surface area contributed by atoms with Crippen LogP contribution in [-0.2, 0) is 4.79 Å². The topological polar surface area (TPSA) is 34.1 Å². The fourth-order valence-corrected chi connectivity index (χ4v) is 1.77. The van der Waals surface area contributed by atoms with E-state index in [-0.39, 0.29) is 5.78 Å². The zero-order chi connectivity index (χ0) is 13.7. The summed E-state index contributed by atoms with van der Waals surface area (Å²) < 4.78 is 0. The molecule has 0 aliphatic rings. The Labute approximate surface area is 112 Å². The van der Waals surface area contributed by atoms with Gasteiger partial charge in [-0.25, -0.2) is 0 Å². The van der Waals surface area contributed by atoms with Crippen LogP contribution in [0, 0.1) is 6.92 Å². The molecule has 0 unspecified atom stereocenters. The third-order valence-electron chi connectivity index (χ3n) is 2.85. The van der Waals surface area contributed by atoms with Gasteiger partial charge in [0.15, 0.2) is 5.78 Å². The first kappa shape index (κ1) is 13.0. The maximum Gasteiger partial charge on any atom is 0.193 e. The molecule has 19 heavy (non-hydrogen) atoms. The van der Waals surface area contributed by atoms with Gasteiger partial charge in [0.1, 0.15) is 6.29 Å². The van der Waals surface area contributed by atoms with Gasteiger partial charge < -0.3 is 0 Å². The van der Waals surface area contributed by atoms with Crippen molar-refractivity contribution in [3.63, 3.8) is 0 Å². The van der Waals surface area contributed by atoms with E-state index in [9.17, 15) is 9.59 Å². The van der Waals surface area contributed by atoms with Crippen LogP contribution in [0.1, 0.15) is 27.0 Å². The van der Waals surface area contributed by atoms with Crippen LogP contribution in [-0.4, -0.2) is 12.1 Å². The molecule has 0 aromatic heterocycles.